The molecule has 0 aromatic carbocycles. The normalized spacial score (nSPS) is 9.27. The van der Waals surface area contributed by atoms with E-state index in [0.29, 0.717) is 10.8 Å². The minimum absolute atomic E-state index is 0.367. The molecule has 0 aliphatic rings. The number of aromatic nitrogens is 1. The Hall–Kier alpha value is -1.09. The predicted octanol–water partition coefficient (Wildman–Crippen LogP) is 2.11. The van der Waals surface area contributed by atoms with Gasteiger partial charge in [-0.05, 0) is 12.8 Å². The van der Waals surface area contributed by atoms with Gasteiger partial charge in [0.2, 0.25) is 0 Å². The highest BCUT2D eigenvalue weighted by atomic mass is 35.5. The van der Waals surface area contributed by atoms with Crippen molar-refractivity contribution in [3.8, 4) is 0 Å². The molecular formula is C7H8ClN3. The van der Waals surface area contributed by atoms with Crippen LogP contribution in [0.25, 0.3) is 0 Å². The van der Waals surface area contributed by atoms with Crippen molar-refractivity contribution >= 4 is 29.7 Å². The minimum Gasteiger partial charge on any atom is -0.386 e. The molecule has 1 aromatic rings. The third kappa shape index (κ3) is 1.49. The summed E-state index contributed by atoms with van der Waals surface area (Å²) in [6.07, 6.45) is 1.61. The highest BCUT2D eigenvalue weighted by Gasteiger charge is 2.02. The molecular weight excluding hydrogens is 162 g/mol. The van der Waals surface area contributed by atoms with Gasteiger partial charge in [-0.2, -0.15) is 0 Å². The van der Waals surface area contributed by atoms with Crippen LogP contribution in [0.3, 0.4) is 0 Å². The molecule has 58 valence electrons. The summed E-state index contributed by atoms with van der Waals surface area (Å²) in [6, 6.07) is 1.79. The van der Waals surface area contributed by atoms with E-state index in [1.54, 1.807) is 19.3 Å². The van der Waals surface area contributed by atoms with Gasteiger partial charge < -0.3 is 5.32 Å². The second-order valence-corrected chi connectivity index (χ2v) is 2.26. The van der Waals surface area contributed by atoms with Gasteiger partial charge in [-0.15, -0.1) is 0 Å². The maximum Gasteiger partial charge on any atom is 0.156 e. The zero-order valence-corrected chi connectivity index (χ0v) is 6.89. The van der Waals surface area contributed by atoms with Gasteiger partial charge in [-0.1, -0.05) is 11.6 Å². The Morgan fingerprint density at radius 2 is 2.45 bits per heavy atom. The van der Waals surface area contributed by atoms with E-state index in [-0.39, 0.29) is 0 Å². The fraction of sp³-hybridized carbons (Fsp3) is 0.143. The first-order valence-corrected chi connectivity index (χ1v) is 3.46. The lowest BCUT2D eigenvalue weighted by atomic mass is 10.3. The van der Waals surface area contributed by atoms with E-state index >= 15 is 0 Å². The summed E-state index contributed by atoms with van der Waals surface area (Å²) in [7, 11) is 1.79. The van der Waals surface area contributed by atoms with Crippen molar-refractivity contribution in [1.82, 2.24) is 4.98 Å². The number of pyridine rings is 1. The highest BCUT2D eigenvalue weighted by molar-refractivity contribution is 6.32. The highest BCUT2D eigenvalue weighted by Crippen LogP contribution is 2.29. The Morgan fingerprint density at radius 1 is 1.73 bits per heavy atom. The average molecular weight is 170 g/mol. The molecule has 1 heterocycles. The van der Waals surface area contributed by atoms with Crippen LogP contribution in [0.15, 0.2) is 17.3 Å². The number of hydrogen-bond acceptors (Lipinski definition) is 3. The summed E-state index contributed by atoms with van der Waals surface area (Å²) in [4.78, 5) is 7.58. The molecule has 0 amide bonds. The van der Waals surface area contributed by atoms with Gasteiger partial charge >= 0.3 is 0 Å². The molecule has 0 radical (unpaired) electrons. The lowest BCUT2D eigenvalue weighted by Crippen LogP contribution is -1.89. The summed E-state index contributed by atoms with van der Waals surface area (Å²) in [6.45, 7) is 3.39. The molecule has 0 bridgehead atoms. The Bertz CT molecular complexity index is 272. The Labute approximate surface area is 70.1 Å². The quantitative estimate of drug-likeness (QED) is 0.544. The third-order valence-corrected chi connectivity index (χ3v) is 1.58. The predicted molar refractivity (Wildman–Crippen MR) is 48.0 cm³/mol. The molecule has 0 spiro atoms. The zero-order valence-electron chi connectivity index (χ0n) is 6.13. The van der Waals surface area contributed by atoms with Crippen molar-refractivity contribution in [2.75, 3.05) is 12.4 Å². The maximum atomic E-state index is 5.72. The number of aliphatic imine (C=N–C) groups is 1. The number of nitrogens with zero attached hydrogens (tertiary/aromatic N) is 2. The van der Waals surface area contributed by atoms with Gasteiger partial charge in [0.1, 0.15) is 5.69 Å². The van der Waals surface area contributed by atoms with Crippen LogP contribution in [0.4, 0.5) is 11.4 Å². The summed E-state index contributed by atoms with van der Waals surface area (Å²) in [5.41, 5.74) is 1.43. The topological polar surface area (TPSA) is 37.3 Å². The van der Waals surface area contributed by atoms with E-state index in [0.717, 1.165) is 5.69 Å². The van der Waals surface area contributed by atoms with Gasteiger partial charge in [-0.25, -0.2) is 4.98 Å². The number of anilines is 1. The van der Waals surface area contributed by atoms with Crippen molar-refractivity contribution in [3.05, 3.63) is 17.4 Å². The van der Waals surface area contributed by atoms with Crippen molar-refractivity contribution in [1.29, 1.82) is 0 Å². The molecule has 1 N–H and O–H groups in total. The number of hydrogen-bond donors (Lipinski definition) is 1. The van der Waals surface area contributed by atoms with E-state index in [1.165, 1.54) is 0 Å². The van der Waals surface area contributed by atoms with Crippen LogP contribution in [0.5, 0.6) is 0 Å². The Kier molecular flexibility index (Phi) is 2.44. The fourth-order valence-corrected chi connectivity index (χ4v) is 0.998. The Morgan fingerprint density at radius 3 is 2.91 bits per heavy atom. The molecule has 1 rings (SSSR count). The summed E-state index contributed by atoms with van der Waals surface area (Å²) in [5.74, 6) is 0. The number of rotatable bonds is 2. The fourth-order valence-electron chi connectivity index (χ4n) is 0.781. The average Bonchev–Trinajstić information content (AvgIpc) is 2.04. The van der Waals surface area contributed by atoms with E-state index in [4.69, 9.17) is 11.6 Å². The Balaban J connectivity index is 3.24. The van der Waals surface area contributed by atoms with E-state index in [2.05, 4.69) is 22.0 Å². The zero-order chi connectivity index (χ0) is 8.27. The molecule has 0 saturated carbocycles. The van der Waals surface area contributed by atoms with Gasteiger partial charge in [0, 0.05) is 13.2 Å². The lowest BCUT2D eigenvalue weighted by molar-refractivity contribution is 1.30. The van der Waals surface area contributed by atoms with Crippen molar-refractivity contribution < 1.29 is 0 Å². The maximum absolute atomic E-state index is 5.72. The third-order valence-electron chi connectivity index (χ3n) is 1.31. The first kappa shape index (κ1) is 8.01. The van der Waals surface area contributed by atoms with Crippen LogP contribution >= 0.6 is 11.6 Å². The molecule has 0 saturated heterocycles. The number of nitrogens with one attached hydrogen (secondary N) is 1. The van der Waals surface area contributed by atoms with Crippen LogP contribution in [-0.2, 0) is 0 Å². The molecule has 0 atom stereocenters. The minimum atomic E-state index is 0.367. The van der Waals surface area contributed by atoms with Crippen molar-refractivity contribution in [2.24, 2.45) is 4.99 Å². The molecule has 1 aromatic heterocycles. The van der Waals surface area contributed by atoms with Gasteiger partial charge in [0.25, 0.3) is 0 Å². The first-order valence-electron chi connectivity index (χ1n) is 3.08. The molecule has 4 heteroatoms. The van der Waals surface area contributed by atoms with Crippen molar-refractivity contribution in [3.63, 3.8) is 0 Å². The molecule has 0 aliphatic heterocycles. The second kappa shape index (κ2) is 3.34. The van der Waals surface area contributed by atoms with E-state index in [1.807, 2.05) is 0 Å². The van der Waals surface area contributed by atoms with E-state index < -0.39 is 0 Å². The van der Waals surface area contributed by atoms with Crippen molar-refractivity contribution in [2.45, 2.75) is 0 Å². The molecule has 0 fully saturated rings. The first-order chi connectivity index (χ1) is 5.29. The molecule has 3 nitrogen and oxygen atoms in total. The van der Waals surface area contributed by atoms with E-state index in [9.17, 15) is 0 Å². The van der Waals surface area contributed by atoms with Gasteiger partial charge in [0.05, 0.1) is 5.69 Å². The smallest absolute Gasteiger partial charge is 0.156 e. The van der Waals surface area contributed by atoms with Gasteiger partial charge in [-0.3, -0.25) is 4.99 Å². The lowest BCUT2D eigenvalue weighted by Gasteiger charge is -2.03. The number of halogens is 1. The summed E-state index contributed by atoms with van der Waals surface area (Å²) >= 11 is 5.72. The largest absolute Gasteiger partial charge is 0.386 e. The molecule has 11 heavy (non-hydrogen) atoms. The van der Waals surface area contributed by atoms with Crippen LogP contribution < -0.4 is 5.32 Å². The van der Waals surface area contributed by atoms with Crippen LogP contribution in [0.1, 0.15) is 0 Å². The SMILES string of the molecule is C=Nc1c(NC)ccnc1Cl. The molecule has 0 aliphatic carbocycles. The summed E-state index contributed by atoms with van der Waals surface area (Å²) < 4.78 is 0. The monoisotopic (exact) mass is 169 g/mol. The standard InChI is InChI=1S/C7H8ClN3/c1-9-5-3-4-11-7(8)6(5)10-2/h3-4H,2H2,1H3,(H,9,11). The molecule has 0 unspecified atom stereocenters. The second-order valence-electron chi connectivity index (χ2n) is 1.91. The van der Waals surface area contributed by atoms with Crippen LogP contribution in [0.2, 0.25) is 5.15 Å². The summed E-state index contributed by atoms with van der Waals surface area (Å²) in [5, 5.41) is 3.30. The van der Waals surface area contributed by atoms with Crippen LogP contribution in [0, 0.1) is 0 Å². The van der Waals surface area contributed by atoms with Gasteiger partial charge in [0.15, 0.2) is 5.15 Å². The van der Waals surface area contributed by atoms with Crippen LogP contribution in [-0.4, -0.2) is 18.7 Å².